The smallest absolute Gasteiger partial charge is 0.273 e. The van der Waals surface area contributed by atoms with Gasteiger partial charge in [-0.25, -0.2) is 0 Å². The van der Waals surface area contributed by atoms with E-state index in [-0.39, 0.29) is 10.6 Å². The molecule has 1 heterocycles. The summed E-state index contributed by atoms with van der Waals surface area (Å²) in [5, 5.41) is 11.7. The normalized spacial score (nSPS) is 19.0. The predicted molar refractivity (Wildman–Crippen MR) is 69.0 cm³/mol. The lowest BCUT2D eigenvalue weighted by Crippen LogP contribution is -2.00. The van der Waals surface area contributed by atoms with Crippen molar-refractivity contribution in [1.82, 2.24) is 0 Å². The van der Waals surface area contributed by atoms with Crippen molar-refractivity contribution >= 4 is 21.6 Å². The summed E-state index contributed by atoms with van der Waals surface area (Å²) in [4.78, 5) is 10.3. The number of nitro groups is 1. The van der Waals surface area contributed by atoms with Gasteiger partial charge in [0.15, 0.2) is 0 Å². The van der Waals surface area contributed by atoms with Gasteiger partial charge in [0.1, 0.15) is 5.75 Å². The van der Waals surface area contributed by atoms with Gasteiger partial charge in [-0.05, 0) is 36.8 Å². The number of nitrogens with zero attached hydrogens (tertiary/aromatic N) is 1. The highest BCUT2D eigenvalue weighted by Gasteiger charge is 2.21. The van der Waals surface area contributed by atoms with Crippen LogP contribution in [0, 0.1) is 10.1 Å². The summed E-state index contributed by atoms with van der Waals surface area (Å²) >= 11 is 3.45. The van der Waals surface area contributed by atoms with Crippen molar-refractivity contribution in [2.24, 2.45) is 0 Å². The van der Waals surface area contributed by atoms with Gasteiger partial charge in [-0.15, -0.1) is 0 Å². The second-order valence-electron chi connectivity index (χ2n) is 4.14. The molecule has 1 aliphatic heterocycles. The molecular weight excluding hydrogens is 286 g/mol. The van der Waals surface area contributed by atoms with Crippen LogP contribution >= 0.6 is 15.9 Å². The highest BCUT2D eigenvalue weighted by Crippen LogP contribution is 2.37. The van der Waals surface area contributed by atoms with Gasteiger partial charge in [0, 0.05) is 11.4 Å². The molecule has 0 saturated carbocycles. The monoisotopic (exact) mass is 299 g/mol. The van der Waals surface area contributed by atoms with Crippen molar-refractivity contribution in [1.29, 1.82) is 0 Å². The third-order valence-corrected chi connectivity index (χ3v) is 3.52. The molecule has 1 unspecified atom stereocenters. The number of nitro benzene ring substituents is 1. The first-order chi connectivity index (χ1) is 8.22. The number of alkyl halides is 1. The lowest BCUT2D eigenvalue weighted by atomic mass is 9.92. The van der Waals surface area contributed by atoms with Gasteiger partial charge < -0.3 is 4.74 Å². The number of ether oxygens (including phenoxy) is 1. The third-order valence-electron chi connectivity index (χ3n) is 3.06. The number of non-ortho nitro benzene ring substituents is 1. The second-order valence-corrected chi connectivity index (χ2v) is 4.94. The van der Waals surface area contributed by atoms with E-state index in [1.165, 1.54) is 0 Å². The number of fused-ring (bicyclic) bond motifs is 1. The number of halogens is 1. The van der Waals surface area contributed by atoms with Crippen molar-refractivity contribution in [3.8, 4) is 5.75 Å². The Morgan fingerprint density at radius 3 is 3.06 bits per heavy atom. The van der Waals surface area contributed by atoms with Gasteiger partial charge in [0.25, 0.3) is 5.69 Å². The molecule has 1 atom stereocenters. The molecule has 2 rings (SSSR count). The summed E-state index contributed by atoms with van der Waals surface area (Å²) in [6.07, 6.45) is 3.12. The highest BCUT2D eigenvalue weighted by atomic mass is 79.9. The van der Waals surface area contributed by atoms with E-state index in [1.807, 2.05) is 6.07 Å². The zero-order valence-corrected chi connectivity index (χ0v) is 11.0. The SMILES string of the molecule is O=[N+]([O-])c1ccc2c(c1)OCCCC2CCBr. The Hall–Kier alpha value is -1.10. The summed E-state index contributed by atoms with van der Waals surface area (Å²) < 4.78 is 5.60. The Morgan fingerprint density at radius 1 is 1.53 bits per heavy atom. The average Bonchev–Trinajstić information content (AvgIpc) is 2.52. The number of rotatable bonds is 3. The van der Waals surface area contributed by atoms with Crippen LogP contribution in [0.15, 0.2) is 18.2 Å². The lowest BCUT2D eigenvalue weighted by molar-refractivity contribution is -0.384. The van der Waals surface area contributed by atoms with E-state index in [4.69, 9.17) is 4.74 Å². The fourth-order valence-corrected chi connectivity index (χ4v) is 2.75. The molecule has 1 aliphatic rings. The maximum atomic E-state index is 10.7. The van der Waals surface area contributed by atoms with E-state index < -0.39 is 0 Å². The van der Waals surface area contributed by atoms with Crippen LogP contribution in [0.4, 0.5) is 5.69 Å². The molecule has 1 aromatic rings. The lowest BCUT2D eigenvalue weighted by Gasteiger charge is -2.14. The number of hydrogen-bond donors (Lipinski definition) is 0. The van der Waals surface area contributed by atoms with E-state index >= 15 is 0 Å². The summed E-state index contributed by atoms with van der Waals surface area (Å²) in [6.45, 7) is 0.646. The first-order valence-electron chi connectivity index (χ1n) is 5.69. The highest BCUT2D eigenvalue weighted by molar-refractivity contribution is 9.09. The van der Waals surface area contributed by atoms with Crippen LogP contribution in [0.3, 0.4) is 0 Å². The van der Waals surface area contributed by atoms with Crippen LogP contribution in [0.1, 0.15) is 30.7 Å². The zero-order valence-electron chi connectivity index (χ0n) is 9.39. The summed E-state index contributed by atoms with van der Waals surface area (Å²) in [6, 6.07) is 4.95. The van der Waals surface area contributed by atoms with Crippen molar-refractivity contribution in [3.05, 3.63) is 33.9 Å². The molecule has 0 fully saturated rings. The van der Waals surface area contributed by atoms with Crippen molar-refractivity contribution in [2.75, 3.05) is 11.9 Å². The molecule has 5 heteroatoms. The number of hydrogen-bond acceptors (Lipinski definition) is 3. The Bertz CT molecular complexity index is 422. The number of benzene rings is 1. The minimum absolute atomic E-state index is 0.100. The van der Waals surface area contributed by atoms with Crippen LogP contribution in [-0.4, -0.2) is 16.9 Å². The van der Waals surface area contributed by atoms with Crippen LogP contribution in [0.5, 0.6) is 5.75 Å². The minimum atomic E-state index is -0.381. The summed E-state index contributed by atoms with van der Waals surface area (Å²) in [5.74, 6) is 1.12. The molecule has 92 valence electrons. The largest absolute Gasteiger partial charge is 0.493 e. The molecule has 17 heavy (non-hydrogen) atoms. The molecule has 0 amide bonds. The molecule has 0 aliphatic carbocycles. The van der Waals surface area contributed by atoms with Crippen LogP contribution in [-0.2, 0) is 0 Å². The fraction of sp³-hybridized carbons (Fsp3) is 0.500. The van der Waals surface area contributed by atoms with Crippen LogP contribution in [0.2, 0.25) is 0 Å². The van der Waals surface area contributed by atoms with E-state index in [0.717, 1.165) is 30.2 Å². The topological polar surface area (TPSA) is 52.4 Å². The molecule has 0 N–H and O–H groups in total. The average molecular weight is 300 g/mol. The van der Waals surface area contributed by atoms with Gasteiger partial charge in [-0.2, -0.15) is 0 Å². The van der Waals surface area contributed by atoms with Crippen LogP contribution in [0.25, 0.3) is 0 Å². The zero-order chi connectivity index (χ0) is 12.3. The Labute approximate surface area is 108 Å². The quantitative estimate of drug-likeness (QED) is 0.486. The van der Waals surface area contributed by atoms with Crippen molar-refractivity contribution < 1.29 is 9.66 Å². The molecule has 0 radical (unpaired) electrons. The standard InChI is InChI=1S/C12H14BrNO3/c13-6-5-9-2-1-7-17-12-8-10(14(15)16)3-4-11(9)12/h3-4,8-9H,1-2,5-7H2. The summed E-state index contributed by atoms with van der Waals surface area (Å²) in [7, 11) is 0. The maximum absolute atomic E-state index is 10.7. The molecule has 0 saturated heterocycles. The van der Waals surface area contributed by atoms with Crippen molar-refractivity contribution in [3.63, 3.8) is 0 Å². The maximum Gasteiger partial charge on any atom is 0.273 e. The Kier molecular flexibility index (Phi) is 3.99. The van der Waals surface area contributed by atoms with Crippen molar-refractivity contribution in [2.45, 2.75) is 25.2 Å². The molecule has 0 aromatic heterocycles. The fourth-order valence-electron chi connectivity index (χ4n) is 2.20. The summed E-state index contributed by atoms with van der Waals surface area (Å²) in [5.41, 5.74) is 1.20. The predicted octanol–water partition coefficient (Wildman–Crippen LogP) is 3.64. The van der Waals surface area contributed by atoms with E-state index in [1.54, 1.807) is 12.1 Å². The third kappa shape index (κ3) is 2.77. The molecule has 1 aromatic carbocycles. The molecule has 0 bridgehead atoms. The van der Waals surface area contributed by atoms with Crippen LogP contribution < -0.4 is 4.74 Å². The first-order valence-corrected chi connectivity index (χ1v) is 6.81. The van der Waals surface area contributed by atoms with Gasteiger partial charge in [-0.3, -0.25) is 10.1 Å². The van der Waals surface area contributed by atoms with E-state index in [0.29, 0.717) is 18.3 Å². The Morgan fingerprint density at radius 2 is 2.35 bits per heavy atom. The molecule has 0 spiro atoms. The first kappa shape index (κ1) is 12.4. The molecular formula is C12H14BrNO3. The minimum Gasteiger partial charge on any atom is -0.493 e. The van der Waals surface area contributed by atoms with E-state index in [2.05, 4.69) is 15.9 Å². The van der Waals surface area contributed by atoms with Gasteiger partial charge in [0.2, 0.25) is 0 Å². The van der Waals surface area contributed by atoms with Gasteiger partial charge >= 0.3 is 0 Å². The molecule has 4 nitrogen and oxygen atoms in total. The second kappa shape index (κ2) is 5.49. The van der Waals surface area contributed by atoms with Gasteiger partial charge in [-0.1, -0.05) is 15.9 Å². The van der Waals surface area contributed by atoms with E-state index in [9.17, 15) is 10.1 Å². The Balaban J connectivity index is 2.35. The van der Waals surface area contributed by atoms with Gasteiger partial charge in [0.05, 0.1) is 17.6 Å².